The summed E-state index contributed by atoms with van der Waals surface area (Å²) < 4.78 is 5.84. The van der Waals surface area contributed by atoms with Gasteiger partial charge in [-0.1, -0.05) is 19.1 Å². The second-order valence-electron chi connectivity index (χ2n) is 4.29. The molecule has 0 fully saturated rings. The van der Waals surface area contributed by atoms with Gasteiger partial charge in [-0.25, -0.2) is 0 Å². The molecule has 0 aliphatic carbocycles. The molecule has 3 heteroatoms. The van der Waals surface area contributed by atoms with Crippen molar-refractivity contribution in [2.75, 3.05) is 0 Å². The zero-order chi connectivity index (χ0) is 13.0. The average Bonchev–Trinajstić information content (AvgIpc) is 2.77. The Morgan fingerprint density at radius 2 is 2.11 bits per heavy atom. The normalized spacial score (nSPS) is 10.6. The Morgan fingerprint density at radius 3 is 2.78 bits per heavy atom. The molecule has 1 aromatic carbocycles. The number of benzene rings is 1. The SMILES string of the molecule is CCc1cccc(OCc2cc(CN)sc2C)c1. The first-order valence-corrected chi connectivity index (χ1v) is 7.04. The molecule has 0 radical (unpaired) electrons. The average molecular weight is 261 g/mol. The number of ether oxygens (including phenoxy) is 1. The first kappa shape index (κ1) is 13.1. The molecule has 2 aromatic rings. The molecule has 2 N–H and O–H groups in total. The molecule has 0 saturated heterocycles. The summed E-state index contributed by atoms with van der Waals surface area (Å²) in [4.78, 5) is 2.51. The second kappa shape index (κ2) is 6.03. The van der Waals surface area contributed by atoms with Crippen LogP contribution in [0.2, 0.25) is 0 Å². The first-order valence-electron chi connectivity index (χ1n) is 6.23. The molecule has 0 aliphatic rings. The van der Waals surface area contributed by atoms with Crippen LogP contribution in [-0.2, 0) is 19.6 Å². The first-order chi connectivity index (χ1) is 8.72. The van der Waals surface area contributed by atoms with E-state index in [2.05, 4.69) is 32.0 Å². The van der Waals surface area contributed by atoms with Gasteiger partial charge in [0.25, 0.3) is 0 Å². The van der Waals surface area contributed by atoms with Crippen molar-refractivity contribution in [1.29, 1.82) is 0 Å². The van der Waals surface area contributed by atoms with Crippen LogP contribution in [0.3, 0.4) is 0 Å². The number of aryl methyl sites for hydroxylation is 2. The fourth-order valence-electron chi connectivity index (χ4n) is 1.85. The highest BCUT2D eigenvalue weighted by Gasteiger charge is 2.05. The highest BCUT2D eigenvalue weighted by Crippen LogP contribution is 2.23. The Balaban J connectivity index is 2.03. The molecule has 0 aliphatic heterocycles. The van der Waals surface area contributed by atoms with Crippen LogP contribution in [0.25, 0.3) is 0 Å². The molecule has 0 bridgehead atoms. The van der Waals surface area contributed by atoms with Gasteiger partial charge in [-0.2, -0.15) is 0 Å². The van der Waals surface area contributed by atoms with E-state index in [4.69, 9.17) is 10.5 Å². The van der Waals surface area contributed by atoms with E-state index in [9.17, 15) is 0 Å². The highest BCUT2D eigenvalue weighted by atomic mass is 32.1. The summed E-state index contributed by atoms with van der Waals surface area (Å²) in [5.74, 6) is 0.939. The summed E-state index contributed by atoms with van der Waals surface area (Å²) >= 11 is 1.75. The smallest absolute Gasteiger partial charge is 0.120 e. The van der Waals surface area contributed by atoms with E-state index < -0.39 is 0 Å². The van der Waals surface area contributed by atoms with E-state index in [-0.39, 0.29) is 0 Å². The minimum absolute atomic E-state index is 0.608. The van der Waals surface area contributed by atoms with Gasteiger partial charge < -0.3 is 10.5 Å². The number of nitrogens with two attached hydrogens (primary N) is 1. The maximum Gasteiger partial charge on any atom is 0.120 e. The summed E-state index contributed by atoms with van der Waals surface area (Å²) in [6, 6.07) is 10.4. The van der Waals surface area contributed by atoms with E-state index >= 15 is 0 Å². The topological polar surface area (TPSA) is 35.2 Å². The Morgan fingerprint density at radius 1 is 1.28 bits per heavy atom. The molecule has 0 amide bonds. The molecule has 1 aromatic heterocycles. The number of thiophene rings is 1. The predicted molar refractivity (Wildman–Crippen MR) is 77.1 cm³/mol. The molecular formula is C15H19NOS. The summed E-state index contributed by atoms with van der Waals surface area (Å²) in [5, 5.41) is 0. The van der Waals surface area contributed by atoms with Crippen LogP contribution in [0.5, 0.6) is 5.75 Å². The molecule has 1 heterocycles. The van der Waals surface area contributed by atoms with Crippen LogP contribution in [0.15, 0.2) is 30.3 Å². The van der Waals surface area contributed by atoms with Gasteiger partial charge in [0.05, 0.1) is 0 Å². The Bertz CT molecular complexity index is 519. The molecule has 0 saturated carbocycles. The lowest BCUT2D eigenvalue weighted by molar-refractivity contribution is 0.305. The van der Waals surface area contributed by atoms with Gasteiger partial charge in [-0.3, -0.25) is 0 Å². The second-order valence-corrected chi connectivity index (χ2v) is 5.63. The third kappa shape index (κ3) is 3.12. The van der Waals surface area contributed by atoms with Crippen molar-refractivity contribution in [3.05, 3.63) is 51.2 Å². The standard InChI is InChI=1S/C15H19NOS/c1-3-12-5-4-6-14(7-12)17-10-13-8-15(9-16)18-11(13)2/h4-8H,3,9-10,16H2,1-2H3. The molecule has 2 rings (SSSR count). The molecule has 0 atom stereocenters. The summed E-state index contributed by atoms with van der Waals surface area (Å²) in [6.45, 7) is 5.49. The molecule has 0 unspecified atom stereocenters. The summed E-state index contributed by atoms with van der Waals surface area (Å²) in [7, 11) is 0. The zero-order valence-electron chi connectivity index (χ0n) is 10.9. The van der Waals surface area contributed by atoms with Crippen molar-refractivity contribution < 1.29 is 4.74 Å². The van der Waals surface area contributed by atoms with Gasteiger partial charge >= 0.3 is 0 Å². The third-order valence-corrected chi connectivity index (χ3v) is 4.09. The van der Waals surface area contributed by atoms with Gasteiger partial charge in [0.15, 0.2) is 0 Å². The summed E-state index contributed by atoms with van der Waals surface area (Å²) in [6.07, 6.45) is 1.03. The van der Waals surface area contributed by atoms with Crippen molar-refractivity contribution in [2.45, 2.75) is 33.4 Å². The minimum atomic E-state index is 0.608. The van der Waals surface area contributed by atoms with Crippen LogP contribution in [0.1, 0.15) is 27.8 Å². The Hall–Kier alpha value is -1.32. The van der Waals surface area contributed by atoms with E-state index in [1.165, 1.54) is 20.9 Å². The molecule has 18 heavy (non-hydrogen) atoms. The maximum absolute atomic E-state index is 5.84. The zero-order valence-corrected chi connectivity index (χ0v) is 11.7. The van der Waals surface area contributed by atoms with Crippen LogP contribution in [-0.4, -0.2) is 0 Å². The van der Waals surface area contributed by atoms with E-state index in [1.54, 1.807) is 11.3 Å². The van der Waals surface area contributed by atoms with Crippen molar-refractivity contribution >= 4 is 11.3 Å². The lowest BCUT2D eigenvalue weighted by Crippen LogP contribution is -1.96. The lowest BCUT2D eigenvalue weighted by Gasteiger charge is -2.07. The number of hydrogen-bond donors (Lipinski definition) is 1. The van der Waals surface area contributed by atoms with E-state index in [0.29, 0.717) is 13.2 Å². The van der Waals surface area contributed by atoms with Gasteiger partial charge in [0.2, 0.25) is 0 Å². The Kier molecular flexibility index (Phi) is 4.39. The maximum atomic E-state index is 5.84. The van der Waals surface area contributed by atoms with Crippen molar-refractivity contribution in [1.82, 2.24) is 0 Å². The Labute approximate surface area is 112 Å². The van der Waals surface area contributed by atoms with E-state index in [1.807, 2.05) is 12.1 Å². The van der Waals surface area contributed by atoms with Gasteiger partial charge in [-0.05, 0) is 37.1 Å². The fourth-order valence-corrected chi connectivity index (χ4v) is 2.77. The number of hydrogen-bond acceptors (Lipinski definition) is 3. The fraction of sp³-hybridized carbons (Fsp3) is 0.333. The molecule has 0 spiro atoms. The highest BCUT2D eigenvalue weighted by molar-refractivity contribution is 7.12. The van der Waals surface area contributed by atoms with Crippen molar-refractivity contribution in [3.8, 4) is 5.75 Å². The summed E-state index contributed by atoms with van der Waals surface area (Å²) in [5.41, 5.74) is 8.19. The number of rotatable bonds is 5. The van der Waals surface area contributed by atoms with Gasteiger partial charge in [-0.15, -0.1) is 11.3 Å². The van der Waals surface area contributed by atoms with Crippen molar-refractivity contribution in [2.24, 2.45) is 5.73 Å². The van der Waals surface area contributed by atoms with Crippen LogP contribution in [0.4, 0.5) is 0 Å². The third-order valence-electron chi connectivity index (χ3n) is 2.97. The van der Waals surface area contributed by atoms with Crippen LogP contribution in [0, 0.1) is 6.92 Å². The van der Waals surface area contributed by atoms with E-state index in [0.717, 1.165) is 12.2 Å². The minimum Gasteiger partial charge on any atom is -0.489 e. The quantitative estimate of drug-likeness (QED) is 0.891. The predicted octanol–water partition coefficient (Wildman–Crippen LogP) is 3.66. The molecular weight excluding hydrogens is 242 g/mol. The lowest BCUT2D eigenvalue weighted by atomic mass is 10.2. The van der Waals surface area contributed by atoms with Crippen molar-refractivity contribution in [3.63, 3.8) is 0 Å². The molecule has 2 nitrogen and oxygen atoms in total. The van der Waals surface area contributed by atoms with Crippen LogP contribution < -0.4 is 10.5 Å². The van der Waals surface area contributed by atoms with Gasteiger partial charge in [0.1, 0.15) is 12.4 Å². The van der Waals surface area contributed by atoms with Crippen LogP contribution >= 0.6 is 11.3 Å². The largest absolute Gasteiger partial charge is 0.489 e. The molecule has 96 valence electrons. The van der Waals surface area contributed by atoms with Gasteiger partial charge in [0, 0.05) is 21.9 Å². The monoisotopic (exact) mass is 261 g/mol.